The number of carbonyl (C=O) groups is 1. The average molecular weight is 401 g/mol. The van der Waals surface area contributed by atoms with Crippen molar-refractivity contribution >= 4 is 40.5 Å². The van der Waals surface area contributed by atoms with E-state index in [2.05, 4.69) is 21.2 Å². The SMILES string of the molecule is CC1(C)NNc2c(C(=O)Nc3c(Cl)cncc3Cl)ccc(OCF)c2O1. The number of rotatable bonds is 4. The van der Waals surface area contributed by atoms with Crippen molar-refractivity contribution in [2.75, 3.05) is 17.6 Å². The molecule has 0 radical (unpaired) electrons. The highest BCUT2D eigenvalue weighted by Gasteiger charge is 2.32. The molecule has 0 saturated heterocycles. The van der Waals surface area contributed by atoms with E-state index < -0.39 is 18.5 Å². The van der Waals surface area contributed by atoms with Gasteiger partial charge in [-0.1, -0.05) is 23.2 Å². The van der Waals surface area contributed by atoms with Crippen molar-refractivity contribution < 1.29 is 18.7 Å². The van der Waals surface area contributed by atoms with Crippen molar-refractivity contribution in [1.29, 1.82) is 0 Å². The number of ether oxygens (including phenoxy) is 2. The molecule has 0 fully saturated rings. The third kappa shape index (κ3) is 3.62. The Hall–Kier alpha value is -2.29. The molecule has 2 heterocycles. The molecule has 138 valence electrons. The zero-order valence-electron chi connectivity index (χ0n) is 13.8. The second kappa shape index (κ2) is 7.14. The van der Waals surface area contributed by atoms with Crippen LogP contribution in [0.2, 0.25) is 10.0 Å². The molecule has 3 rings (SSSR count). The van der Waals surface area contributed by atoms with Gasteiger partial charge in [-0.15, -0.1) is 0 Å². The number of fused-ring (bicyclic) bond motifs is 1. The number of benzene rings is 1. The van der Waals surface area contributed by atoms with E-state index in [9.17, 15) is 9.18 Å². The third-order valence-corrected chi connectivity index (χ3v) is 4.09. The van der Waals surface area contributed by atoms with Gasteiger partial charge in [-0.25, -0.2) is 4.39 Å². The lowest BCUT2D eigenvalue weighted by atomic mass is 10.1. The molecule has 0 unspecified atom stereocenters. The zero-order valence-corrected chi connectivity index (χ0v) is 15.3. The summed E-state index contributed by atoms with van der Waals surface area (Å²) in [6.45, 7) is 2.48. The van der Waals surface area contributed by atoms with E-state index >= 15 is 0 Å². The maximum absolute atomic E-state index is 12.7. The van der Waals surface area contributed by atoms with Crippen LogP contribution in [-0.4, -0.2) is 23.5 Å². The van der Waals surface area contributed by atoms with Crippen LogP contribution in [-0.2, 0) is 0 Å². The lowest BCUT2D eigenvalue weighted by molar-refractivity contribution is 0.0626. The van der Waals surface area contributed by atoms with Gasteiger partial charge in [0.25, 0.3) is 5.91 Å². The molecule has 2 aromatic rings. The zero-order chi connectivity index (χ0) is 18.9. The Bertz CT molecular complexity index is 843. The number of anilines is 2. The summed E-state index contributed by atoms with van der Waals surface area (Å²) in [6, 6.07) is 2.92. The lowest BCUT2D eigenvalue weighted by Crippen LogP contribution is -2.51. The number of alkyl halides is 1. The largest absolute Gasteiger partial charge is 0.466 e. The number of hydrogen-bond donors (Lipinski definition) is 3. The predicted octanol–water partition coefficient (Wildman–Crippen LogP) is 3.99. The van der Waals surface area contributed by atoms with Crippen molar-refractivity contribution in [3.05, 3.63) is 40.1 Å². The van der Waals surface area contributed by atoms with E-state index in [-0.39, 0.29) is 32.8 Å². The van der Waals surface area contributed by atoms with Crippen LogP contribution in [0.25, 0.3) is 0 Å². The molecular weight excluding hydrogens is 386 g/mol. The smallest absolute Gasteiger partial charge is 0.258 e. The van der Waals surface area contributed by atoms with Crippen LogP contribution in [0.15, 0.2) is 24.5 Å². The third-order valence-electron chi connectivity index (χ3n) is 3.51. The minimum absolute atomic E-state index is 0.168. The molecule has 1 aliphatic rings. The fourth-order valence-corrected chi connectivity index (χ4v) is 2.82. The Kier molecular flexibility index (Phi) is 5.08. The van der Waals surface area contributed by atoms with Crippen molar-refractivity contribution in [3.8, 4) is 11.5 Å². The Morgan fingerprint density at radius 1 is 1.35 bits per heavy atom. The normalized spacial score (nSPS) is 14.7. The molecule has 3 N–H and O–H groups in total. The van der Waals surface area contributed by atoms with E-state index in [1.54, 1.807) is 13.8 Å². The highest BCUT2D eigenvalue weighted by molar-refractivity contribution is 6.39. The number of nitrogens with zero attached hydrogens (tertiary/aromatic N) is 1. The van der Waals surface area contributed by atoms with Gasteiger partial charge in [0.05, 0.1) is 21.3 Å². The van der Waals surface area contributed by atoms with Crippen LogP contribution in [0.4, 0.5) is 15.8 Å². The second-order valence-corrected chi connectivity index (χ2v) is 6.68. The van der Waals surface area contributed by atoms with Crippen LogP contribution in [0.3, 0.4) is 0 Å². The summed E-state index contributed by atoms with van der Waals surface area (Å²) in [5.41, 5.74) is 5.76. The highest BCUT2D eigenvalue weighted by Crippen LogP contribution is 2.42. The summed E-state index contributed by atoms with van der Waals surface area (Å²) in [5, 5.41) is 3.03. The van der Waals surface area contributed by atoms with Gasteiger partial charge in [0.15, 0.2) is 17.2 Å². The average Bonchev–Trinajstić information content (AvgIpc) is 2.58. The first kappa shape index (κ1) is 18.5. The topological polar surface area (TPSA) is 84.5 Å². The molecule has 0 bridgehead atoms. The molecule has 1 aromatic carbocycles. The van der Waals surface area contributed by atoms with E-state index in [1.807, 2.05) is 0 Å². The number of nitrogens with one attached hydrogen (secondary N) is 3. The summed E-state index contributed by atoms with van der Waals surface area (Å²) in [4.78, 5) is 16.6. The first-order valence-electron chi connectivity index (χ1n) is 7.50. The Labute approximate surface area is 158 Å². The minimum Gasteiger partial charge on any atom is -0.466 e. The molecule has 1 amide bonds. The molecule has 10 heteroatoms. The van der Waals surface area contributed by atoms with Gasteiger partial charge < -0.3 is 20.2 Å². The lowest BCUT2D eigenvalue weighted by Gasteiger charge is -2.35. The maximum Gasteiger partial charge on any atom is 0.258 e. The maximum atomic E-state index is 12.7. The molecular formula is C16H15Cl2FN4O3. The number of pyridine rings is 1. The van der Waals surface area contributed by atoms with Crippen LogP contribution in [0.5, 0.6) is 11.5 Å². The van der Waals surface area contributed by atoms with E-state index in [0.29, 0.717) is 5.69 Å². The van der Waals surface area contributed by atoms with Crippen molar-refractivity contribution in [3.63, 3.8) is 0 Å². The molecule has 0 spiro atoms. The molecule has 1 aromatic heterocycles. The van der Waals surface area contributed by atoms with Gasteiger partial charge in [0.1, 0.15) is 5.69 Å². The van der Waals surface area contributed by atoms with E-state index in [4.69, 9.17) is 32.7 Å². The van der Waals surface area contributed by atoms with Crippen LogP contribution in [0, 0.1) is 0 Å². The van der Waals surface area contributed by atoms with Crippen LogP contribution >= 0.6 is 23.2 Å². The first-order chi connectivity index (χ1) is 12.3. The van der Waals surface area contributed by atoms with E-state index in [1.165, 1.54) is 24.5 Å². The van der Waals surface area contributed by atoms with Crippen molar-refractivity contribution in [2.45, 2.75) is 19.6 Å². The van der Waals surface area contributed by atoms with Gasteiger partial charge in [-0.2, -0.15) is 5.43 Å². The number of carbonyl (C=O) groups excluding carboxylic acids is 1. The Balaban J connectivity index is 1.99. The monoisotopic (exact) mass is 400 g/mol. The molecule has 0 saturated carbocycles. The van der Waals surface area contributed by atoms with Gasteiger partial charge in [-0.05, 0) is 26.0 Å². The molecule has 7 nitrogen and oxygen atoms in total. The Morgan fingerprint density at radius 3 is 2.69 bits per heavy atom. The summed E-state index contributed by atoms with van der Waals surface area (Å²) in [7, 11) is 0. The molecule has 1 aliphatic heterocycles. The summed E-state index contributed by atoms with van der Waals surface area (Å²) < 4.78 is 23.4. The first-order valence-corrected chi connectivity index (χ1v) is 8.26. The molecule has 0 aliphatic carbocycles. The van der Waals surface area contributed by atoms with E-state index in [0.717, 1.165) is 0 Å². The van der Waals surface area contributed by atoms with Crippen LogP contribution < -0.4 is 25.6 Å². The highest BCUT2D eigenvalue weighted by atomic mass is 35.5. The number of hydrogen-bond acceptors (Lipinski definition) is 6. The van der Waals surface area contributed by atoms with Crippen LogP contribution in [0.1, 0.15) is 24.2 Å². The molecule has 0 atom stereocenters. The predicted molar refractivity (Wildman–Crippen MR) is 96.7 cm³/mol. The number of halogens is 3. The van der Waals surface area contributed by atoms with Gasteiger partial charge >= 0.3 is 0 Å². The number of amides is 1. The minimum atomic E-state index is -1.03. The molecule has 26 heavy (non-hydrogen) atoms. The quantitative estimate of drug-likeness (QED) is 0.719. The summed E-state index contributed by atoms with van der Waals surface area (Å²) >= 11 is 12.1. The van der Waals surface area contributed by atoms with Gasteiger partial charge in [0.2, 0.25) is 6.86 Å². The van der Waals surface area contributed by atoms with Gasteiger partial charge in [-0.3, -0.25) is 9.78 Å². The number of aromatic nitrogens is 1. The summed E-state index contributed by atoms with van der Waals surface area (Å²) in [6.07, 6.45) is 2.73. The second-order valence-electron chi connectivity index (χ2n) is 5.86. The summed E-state index contributed by atoms with van der Waals surface area (Å²) in [5.74, 6) is -0.118. The Morgan fingerprint density at radius 2 is 2.04 bits per heavy atom. The fraction of sp³-hybridized carbons (Fsp3) is 0.250. The van der Waals surface area contributed by atoms with Gasteiger partial charge in [0, 0.05) is 12.4 Å². The standard InChI is InChI=1S/C16H15Cl2FN4O3/c1-16(2)23-22-12-8(3-4-11(25-7-19)14(12)26-16)15(24)21-13-9(17)5-20-6-10(13)18/h3-6,22-23H,7H2,1-2H3,(H,20,21,24). The van der Waals surface area contributed by atoms with Crippen molar-refractivity contribution in [2.24, 2.45) is 0 Å². The number of hydrazine groups is 1. The fourth-order valence-electron chi connectivity index (χ4n) is 2.36. The van der Waals surface area contributed by atoms with Crippen molar-refractivity contribution in [1.82, 2.24) is 10.4 Å².